The molecule has 3 nitrogen and oxygen atoms in total. The van der Waals surface area contributed by atoms with Gasteiger partial charge in [-0.1, -0.05) is 13.8 Å². The predicted molar refractivity (Wildman–Crippen MR) is 77.1 cm³/mol. The summed E-state index contributed by atoms with van der Waals surface area (Å²) in [6.07, 6.45) is -0.177. The average Bonchev–Trinajstić information content (AvgIpc) is 2.38. The summed E-state index contributed by atoms with van der Waals surface area (Å²) in [5.74, 6) is 0.428. The molecule has 1 saturated carbocycles. The normalized spacial score (nSPS) is 32.5. The van der Waals surface area contributed by atoms with Crippen LogP contribution < -0.4 is 0 Å². The lowest BCUT2D eigenvalue weighted by Crippen LogP contribution is -2.72. The van der Waals surface area contributed by atoms with Crippen molar-refractivity contribution in [1.29, 1.82) is 5.26 Å². The first kappa shape index (κ1) is 17.6. The highest BCUT2D eigenvalue weighted by molar-refractivity contribution is 5.06. The fourth-order valence-corrected chi connectivity index (χ4v) is 3.95. The lowest BCUT2D eigenvalue weighted by molar-refractivity contribution is -0.316. The van der Waals surface area contributed by atoms with Crippen molar-refractivity contribution in [3.05, 3.63) is 0 Å². The lowest BCUT2D eigenvalue weighted by atomic mass is 9.64. The van der Waals surface area contributed by atoms with Crippen LogP contribution in [0.25, 0.3) is 0 Å². The second-order valence-corrected chi connectivity index (χ2v) is 7.18. The van der Waals surface area contributed by atoms with E-state index in [2.05, 4.69) is 19.9 Å². The quantitative estimate of drug-likeness (QED) is 0.792. The van der Waals surface area contributed by atoms with E-state index < -0.39 is 11.8 Å². The van der Waals surface area contributed by atoms with Gasteiger partial charge in [0, 0.05) is 32.7 Å². The number of methoxy groups -OCH3 is 1. The molecule has 1 heterocycles. The molecule has 0 bridgehead atoms. The Morgan fingerprint density at radius 1 is 1.27 bits per heavy atom. The van der Waals surface area contributed by atoms with Gasteiger partial charge >= 0.3 is 6.18 Å². The maximum atomic E-state index is 13.0. The van der Waals surface area contributed by atoms with Crippen LogP contribution in [-0.2, 0) is 4.74 Å². The Kier molecular flexibility index (Phi) is 4.79. The number of hydrogen-bond acceptors (Lipinski definition) is 3. The third-order valence-corrected chi connectivity index (χ3v) is 5.95. The zero-order valence-corrected chi connectivity index (χ0v) is 13.5. The Hall–Kier alpha value is -0.800. The van der Waals surface area contributed by atoms with Gasteiger partial charge in [-0.2, -0.15) is 18.4 Å². The van der Waals surface area contributed by atoms with Gasteiger partial charge in [-0.15, -0.1) is 0 Å². The summed E-state index contributed by atoms with van der Waals surface area (Å²) in [5, 5.41) is 9.05. The van der Waals surface area contributed by atoms with Gasteiger partial charge < -0.3 is 4.74 Å². The molecule has 1 aliphatic carbocycles. The van der Waals surface area contributed by atoms with Gasteiger partial charge in [-0.3, -0.25) is 4.90 Å². The SMILES string of the molecule is COC1(C(F)(F)F)CN([C@H]2CC[C@](CC#N)(C(C)C)CC2)C1. The van der Waals surface area contributed by atoms with Gasteiger partial charge in [0.2, 0.25) is 0 Å². The molecule has 2 fully saturated rings. The molecule has 6 heteroatoms. The number of hydrogen-bond donors (Lipinski definition) is 0. The summed E-state index contributed by atoms with van der Waals surface area (Å²) in [4.78, 5) is 1.90. The van der Waals surface area contributed by atoms with Gasteiger partial charge in [-0.05, 0) is 37.0 Å². The standard InChI is InChI=1S/C16H25F3N2O/c1-12(2)14(8-9-20)6-4-13(5-7-14)21-10-15(11-21,22-3)16(17,18)19/h12-13H,4-8,10-11H2,1-3H3/t13-,14-. The van der Waals surface area contributed by atoms with Crippen LogP contribution in [0, 0.1) is 22.7 Å². The second-order valence-electron chi connectivity index (χ2n) is 7.18. The summed E-state index contributed by atoms with van der Waals surface area (Å²) in [6.45, 7) is 4.15. The molecular formula is C16H25F3N2O. The minimum atomic E-state index is -4.31. The maximum Gasteiger partial charge on any atom is 0.419 e. The molecular weight excluding hydrogens is 293 g/mol. The zero-order chi connectivity index (χ0) is 16.6. The van der Waals surface area contributed by atoms with Gasteiger partial charge in [-0.25, -0.2) is 0 Å². The fourth-order valence-electron chi connectivity index (χ4n) is 3.95. The van der Waals surface area contributed by atoms with Crippen LogP contribution in [0.3, 0.4) is 0 Å². The van der Waals surface area contributed by atoms with E-state index in [1.807, 2.05) is 4.90 Å². The first-order valence-electron chi connectivity index (χ1n) is 7.92. The Bertz CT molecular complexity index is 428. The number of ether oxygens (including phenoxy) is 1. The molecule has 0 aromatic carbocycles. The molecule has 2 aliphatic rings. The van der Waals surface area contributed by atoms with Crippen LogP contribution >= 0.6 is 0 Å². The van der Waals surface area contributed by atoms with Crippen LogP contribution in [0.5, 0.6) is 0 Å². The highest BCUT2D eigenvalue weighted by Crippen LogP contribution is 2.48. The number of nitriles is 1. The van der Waals surface area contributed by atoms with Crippen molar-refractivity contribution in [3.8, 4) is 6.07 Å². The van der Waals surface area contributed by atoms with Gasteiger partial charge in [0.05, 0.1) is 6.07 Å². The maximum absolute atomic E-state index is 13.0. The van der Waals surface area contributed by atoms with Crippen LogP contribution in [0.2, 0.25) is 0 Å². The largest absolute Gasteiger partial charge is 0.419 e. The molecule has 22 heavy (non-hydrogen) atoms. The van der Waals surface area contributed by atoms with E-state index in [-0.39, 0.29) is 24.5 Å². The Morgan fingerprint density at radius 2 is 1.82 bits per heavy atom. The van der Waals surface area contributed by atoms with Crippen LogP contribution in [0.15, 0.2) is 0 Å². The molecule has 0 atom stereocenters. The minimum Gasteiger partial charge on any atom is -0.366 e. The highest BCUT2D eigenvalue weighted by Gasteiger charge is 2.63. The van der Waals surface area contributed by atoms with Crippen molar-refractivity contribution in [2.24, 2.45) is 11.3 Å². The first-order chi connectivity index (χ1) is 10.2. The summed E-state index contributed by atoms with van der Waals surface area (Å²) in [6, 6.07) is 2.48. The van der Waals surface area contributed by atoms with Crippen molar-refractivity contribution in [2.75, 3.05) is 20.2 Å². The average molecular weight is 318 g/mol. The lowest BCUT2D eigenvalue weighted by Gasteiger charge is -2.55. The predicted octanol–water partition coefficient (Wildman–Crippen LogP) is 3.75. The second kappa shape index (κ2) is 6.01. The van der Waals surface area contributed by atoms with Crippen molar-refractivity contribution in [2.45, 2.75) is 63.8 Å². The van der Waals surface area contributed by atoms with E-state index in [9.17, 15) is 13.2 Å². The van der Waals surface area contributed by atoms with Gasteiger partial charge in [0.1, 0.15) is 0 Å². The molecule has 0 amide bonds. The van der Waals surface area contributed by atoms with Crippen molar-refractivity contribution < 1.29 is 17.9 Å². The molecule has 0 N–H and O–H groups in total. The molecule has 126 valence electrons. The van der Waals surface area contributed by atoms with Crippen LogP contribution in [0.4, 0.5) is 13.2 Å². The third-order valence-electron chi connectivity index (χ3n) is 5.95. The zero-order valence-electron chi connectivity index (χ0n) is 13.5. The van der Waals surface area contributed by atoms with Crippen molar-refractivity contribution >= 4 is 0 Å². The number of rotatable bonds is 4. The number of nitrogens with zero attached hydrogens (tertiary/aromatic N) is 2. The molecule has 1 saturated heterocycles. The third kappa shape index (κ3) is 2.85. The summed E-state index contributed by atoms with van der Waals surface area (Å²) in [7, 11) is 1.14. The smallest absolute Gasteiger partial charge is 0.366 e. The molecule has 0 aromatic heterocycles. The Balaban J connectivity index is 1.93. The monoisotopic (exact) mass is 318 g/mol. The number of likely N-dealkylation sites (tertiary alicyclic amines) is 1. The van der Waals surface area contributed by atoms with Crippen molar-refractivity contribution in [1.82, 2.24) is 4.90 Å². The summed E-state index contributed by atoms with van der Waals surface area (Å²) < 4.78 is 43.9. The highest BCUT2D eigenvalue weighted by atomic mass is 19.4. The van der Waals surface area contributed by atoms with E-state index in [0.29, 0.717) is 12.3 Å². The van der Waals surface area contributed by atoms with Crippen LogP contribution in [-0.4, -0.2) is 42.9 Å². The molecule has 2 rings (SSSR count). The van der Waals surface area contributed by atoms with Crippen molar-refractivity contribution in [3.63, 3.8) is 0 Å². The summed E-state index contributed by atoms with van der Waals surface area (Å²) >= 11 is 0. The molecule has 0 spiro atoms. The Morgan fingerprint density at radius 3 is 2.18 bits per heavy atom. The van der Waals surface area contributed by atoms with E-state index in [4.69, 9.17) is 10.00 Å². The van der Waals surface area contributed by atoms with E-state index in [1.165, 1.54) is 0 Å². The van der Waals surface area contributed by atoms with Gasteiger partial charge in [0.15, 0.2) is 5.60 Å². The van der Waals surface area contributed by atoms with E-state index in [1.54, 1.807) is 0 Å². The van der Waals surface area contributed by atoms with Crippen LogP contribution in [0.1, 0.15) is 46.0 Å². The van der Waals surface area contributed by atoms with E-state index >= 15 is 0 Å². The molecule has 0 radical (unpaired) electrons. The molecule has 0 unspecified atom stereocenters. The fraction of sp³-hybridized carbons (Fsp3) is 0.938. The first-order valence-corrected chi connectivity index (χ1v) is 7.92. The van der Waals surface area contributed by atoms with E-state index in [0.717, 1.165) is 32.8 Å². The summed E-state index contributed by atoms with van der Waals surface area (Å²) in [5.41, 5.74) is -1.94. The Labute approximate surface area is 130 Å². The number of halogens is 3. The molecule has 1 aliphatic heterocycles. The molecule has 0 aromatic rings. The van der Waals surface area contributed by atoms with Gasteiger partial charge in [0.25, 0.3) is 0 Å². The number of alkyl halides is 3. The minimum absolute atomic E-state index is 0.0402. The topological polar surface area (TPSA) is 36.3 Å².